The fourth-order valence-electron chi connectivity index (χ4n) is 4.96. The van der Waals surface area contributed by atoms with Crippen molar-refractivity contribution in [3.05, 3.63) is 107 Å². The van der Waals surface area contributed by atoms with Gasteiger partial charge in [0.25, 0.3) is 11.8 Å². The Bertz CT molecular complexity index is 1470. The fourth-order valence-corrected chi connectivity index (χ4v) is 4.96. The maximum atomic E-state index is 13.7. The number of amides is 3. The number of aromatic nitrogens is 1. The summed E-state index contributed by atoms with van der Waals surface area (Å²) < 4.78 is 1.98. The lowest BCUT2D eigenvalue weighted by molar-refractivity contribution is -0.119. The average molecular weight is 494 g/mol. The second kappa shape index (κ2) is 10.2. The van der Waals surface area contributed by atoms with Crippen LogP contribution in [0.5, 0.6) is 0 Å². The number of benzene rings is 3. The SMILES string of the molecule is CC(=O)NC(Cc1ccccc1)C(=O)c1cn(CCCN2C(=O)c3ccccc3C2=O)c2ccccc12. The summed E-state index contributed by atoms with van der Waals surface area (Å²) in [5.41, 5.74) is 3.25. The van der Waals surface area contributed by atoms with Crippen molar-refractivity contribution in [2.45, 2.75) is 32.4 Å². The Morgan fingerprint density at radius 2 is 1.43 bits per heavy atom. The summed E-state index contributed by atoms with van der Waals surface area (Å²) >= 11 is 0. The number of ketones is 1. The highest BCUT2D eigenvalue weighted by Crippen LogP contribution is 2.25. The van der Waals surface area contributed by atoms with Gasteiger partial charge in [-0.15, -0.1) is 0 Å². The minimum Gasteiger partial charge on any atom is -0.347 e. The van der Waals surface area contributed by atoms with Gasteiger partial charge >= 0.3 is 0 Å². The number of nitrogens with one attached hydrogen (secondary N) is 1. The molecular weight excluding hydrogens is 466 g/mol. The number of carbonyl (C=O) groups is 4. The van der Waals surface area contributed by atoms with Crippen LogP contribution in [-0.2, 0) is 17.8 Å². The number of fused-ring (bicyclic) bond motifs is 2. The van der Waals surface area contributed by atoms with Crippen molar-refractivity contribution in [2.75, 3.05) is 6.54 Å². The van der Waals surface area contributed by atoms with Crippen molar-refractivity contribution < 1.29 is 19.2 Å². The van der Waals surface area contributed by atoms with E-state index in [9.17, 15) is 19.2 Å². The minimum atomic E-state index is -0.697. The van der Waals surface area contributed by atoms with Crippen molar-refractivity contribution in [3.63, 3.8) is 0 Å². The van der Waals surface area contributed by atoms with E-state index in [1.165, 1.54) is 11.8 Å². The number of nitrogens with zero attached hydrogens (tertiary/aromatic N) is 2. The number of hydrogen-bond acceptors (Lipinski definition) is 4. The molecule has 7 heteroatoms. The second-order valence-corrected chi connectivity index (χ2v) is 9.22. The number of rotatable bonds is 9. The van der Waals surface area contributed by atoms with Gasteiger partial charge in [0, 0.05) is 49.1 Å². The molecule has 4 aromatic rings. The molecule has 5 rings (SSSR count). The first-order valence-corrected chi connectivity index (χ1v) is 12.3. The van der Waals surface area contributed by atoms with Gasteiger partial charge in [0.1, 0.15) is 0 Å². The molecule has 0 spiro atoms. The summed E-state index contributed by atoms with van der Waals surface area (Å²) in [5.74, 6) is -0.964. The van der Waals surface area contributed by atoms with E-state index in [2.05, 4.69) is 5.32 Å². The van der Waals surface area contributed by atoms with E-state index in [0.29, 0.717) is 36.1 Å². The minimum absolute atomic E-state index is 0.158. The number of aryl methyl sites for hydroxylation is 1. The van der Waals surface area contributed by atoms with Gasteiger partial charge in [0.2, 0.25) is 5.91 Å². The molecule has 1 aromatic heterocycles. The van der Waals surface area contributed by atoms with Crippen LogP contribution >= 0.6 is 0 Å². The summed E-state index contributed by atoms with van der Waals surface area (Å²) in [4.78, 5) is 52.3. The van der Waals surface area contributed by atoms with Crippen LogP contribution in [0.15, 0.2) is 85.1 Å². The van der Waals surface area contributed by atoms with Crippen LogP contribution in [0.25, 0.3) is 10.9 Å². The Morgan fingerprint density at radius 1 is 0.811 bits per heavy atom. The summed E-state index contributed by atoms with van der Waals surface area (Å²) in [5, 5.41) is 3.62. The molecule has 3 amide bonds. The molecular formula is C30H27N3O4. The lowest BCUT2D eigenvalue weighted by atomic mass is 9.97. The molecule has 37 heavy (non-hydrogen) atoms. The Kier molecular flexibility index (Phi) is 6.68. The standard InChI is InChI=1S/C30H27N3O4/c1-20(34)31-26(18-21-10-3-2-4-11-21)28(35)25-19-32(27-15-8-7-12-22(25)27)16-9-17-33-29(36)23-13-5-6-14-24(23)30(33)37/h2-8,10-15,19,26H,9,16-18H2,1H3,(H,31,34). The first-order chi connectivity index (χ1) is 17.9. The zero-order chi connectivity index (χ0) is 25.9. The van der Waals surface area contributed by atoms with E-state index in [0.717, 1.165) is 16.5 Å². The molecule has 0 saturated carbocycles. The molecule has 1 atom stereocenters. The van der Waals surface area contributed by atoms with Crippen LogP contribution in [-0.4, -0.2) is 45.6 Å². The van der Waals surface area contributed by atoms with E-state index in [1.807, 2.05) is 65.4 Å². The van der Waals surface area contributed by atoms with Gasteiger partial charge in [0.15, 0.2) is 5.78 Å². The monoisotopic (exact) mass is 493 g/mol. The molecule has 1 aliphatic rings. The highest BCUT2D eigenvalue weighted by Gasteiger charge is 2.34. The van der Waals surface area contributed by atoms with Gasteiger partial charge in [-0.2, -0.15) is 0 Å². The Morgan fingerprint density at radius 3 is 2.11 bits per heavy atom. The van der Waals surface area contributed by atoms with Gasteiger partial charge in [-0.25, -0.2) is 0 Å². The van der Waals surface area contributed by atoms with Crippen molar-refractivity contribution >= 4 is 34.4 Å². The number of Topliss-reactive ketones (excluding diaryl/α,β-unsaturated/α-hetero) is 1. The predicted octanol–water partition coefficient (Wildman–Crippen LogP) is 4.26. The van der Waals surface area contributed by atoms with Crippen molar-refractivity contribution in [1.29, 1.82) is 0 Å². The number of para-hydroxylation sites is 1. The maximum absolute atomic E-state index is 13.7. The molecule has 7 nitrogen and oxygen atoms in total. The quantitative estimate of drug-likeness (QED) is 0.279. The highest BCUT2D eigenvalue weighted by atomic mass is 16.2. The normalized spacial score (nSPS) is 13.6. The molecule has 0 fully saturated rings. The Labute approximate surface area is 214 Å². The molecule has 0 radical (unpaired) electrons. The smallest absolute Gasteiger partial charge is 0.261 e. The number of hydrogen-bond donors (Lipinski definition) is 1. The van der Waals surface area contributed by atoms with Crippen LogP contribution in [0.1, 0.15) is 50.0 Å². The van der Waals surface area contributed by atoms with Gasteiger partial charge in [-0.1, -0.05) is 60.7 Å². The van der Waals surface area contributed by atoms with E-state index in [1.54, 1.807) is 24.3 Å². The molecule has 0 saturated heterocycles. The zero-order valence-electron chi connectivity index (χ0n) is 20.5. The van der Waals surface area contributed by atoms with Crippen LogP contribution in [0, 0.1) is 0 Å². The van der Waals surface area contributed by atoms with E-state index >= 15 is 0 Å². The van der Waals surface area contributed by atoms with Gasteiger partial charge in [-0.3, -0.25) is 24.1 Å². The third kappa shape index (κ3) is 4.80. The van der Waals surface area contributed by atoms with Gasteiger partial charge in [0.05, 0.1) is 17.2 Å². The van der Waals surface area contributed by atoms with Gasteiger partial charge < -0.3 is 9.88 Å². The van der Waals surface area contributed by atoms with Crippen LogP contribution < -0.4 is 5.32 Å². The summed E-state index contributed by atoms with van der Waals surface area (Å²) in [6.45, 7) is 2.21. The largest absolute Gasteiger partial charge is 0.347 e. The zero-order valence-corrected chi connectivity index (χ0v) is 20.5. The number of imide groups is 1. The van der Waals surface area contributed by atoms with Crippen molar-refractivity contribution in [3.8, 4) is 0 Å². The molecule has 186 valence electrons. The molecule has 1 aliphatic heterocycles. The molecule has 0 bridgehead atoms. The lowest BCUT2D eigenvalue weighted by Crippen LogP contribution is -2.41. The van der Waals surface area contributed by atoms with Crippen molar-refractivity contribution in [2.24, 2.45) is 0 Å². The molecule has 2 heterocycles. The maximum Gasteiger partial charge on any atom is 0.261 e. The fraction of sp³-hybridized carbons (Fsp3) is 0.200. The summed E-state index contributed by atoms with van der Waals surface area (Å²) in [6, 6.07) is 23.4. The average Bonchev–Trinajstić information content (AvgIpc) is 3.39. The highest BCUT2D eigenvalue weighted by molar-refractivity contribution is 6.21. The van der Waals surface area contributed by atoms with E-state index in [-0.39, 0.29) is 30.0 Å². The topological polar surface area (TPSA) is 88.5 Å². The Balaban J connectivity index is 1.36. The predicted molar refractivity (Wildman–Crippen MR) is 140 cm³/mol. The first-order valence-electron chi connectivity index (χ1n) is 12.3. The summed E-state index contributed by atoms with van der Waals surface area (Å²) in [7, 11) is 0. The third-order valence-corrected chi connectivity index (χ3v) is 6.69. The molecule has 1 N–H and O–H groups in total. The van der Waals surface area contributed by atoms with Gasteiger partial charge in [-0.05, 0) is 30.2 Å². The molecule has 3 aromatic carbocycles. The number of carbonyl (C=O) groups excluding carboxylic acids is 4. The van der Waals surface area contributed by atoms with E-state index in [4.69, 9.17) is 0 Å². The van der Waals surface area contributed by atoms with E-state index < -0.39 is 6.04 Å². The first kappa shape index (κ1) is 24.2. The third-order valence-electron chi connectivity index (χ3n) is 6.69. The van der Waals surface area contributed by atoms with Crippen LogP contribution in [0.4, 0.5) is 0 Å². The van der Waals surface area contributed by atoms with Crippen LogP contribution in [0.2, 0.25) is 0 Å². The molecule has 1 unspecified atom stereocenters. The molecule has 0 aliphatic carbocycles. The second-order valence-electron chi connectivity index (χ2n) is 9.22. The lowest BCUT2D eigenvalue weighted by Gasteiger charge is -2.16. The summed E-state index contributed by atoms with van der Waals surface area (Å²) in [6.07, 6.45) is 2.74. The Hall–Kier alpha value is -4.52. The van der Waals surface area contributed by atoms with Crippen LogP contribution in [0.3, 0.4) is 0 Å². The van der Waals surface area contributed by atoms with Crippen molar-refractivity contribution in [1.82, 2.24) is 14.8 Å².